The Labute approximate surface area is 118 Å². The number of methoxy groups -OCH3 is 1. The van der Waals surface area contributed by atoms with Gasteiger partial charge in [-0.3, -0.25) is 0 Å². The van der Waals surface area contributed by atoms with E-state index >= 15 is 0 Å². The predicted octanol–water partition coefficient (Wildman–Crippen LogP) is 3.96. The minimum atomic E-state index is -1.43. The summed E-state index contributed by atoms with van der Waals surface area (Å²) in [6, 6.07) is 1.86. The standard InChI is InChI=1S/C15H22F3NO/c1-5-19-13(6-7-15(2,3)20-4)10-8-11(16)14(18)12(17)9-10/h8-9,13,19H,5-7H2,1-4H3. The molecule has 0 aliphatic rings. The summed E-state index contributed by atoms with van der Waals surface area (Å²) in [5, 5.41) is 3.16. The lowest BCUT2D eigenvalue weighted by Crippen LogP contribution is -2.27. The van der Waals surface area contributed by atoms with Crippen molar-refractivity contribution in [1.82, 2.24) is 5.32 Å². The number of nitrogens with one attached hydrogen (secondary N) is 1. The first-order chi connectivity index (χ1) is 9.30. The molecule has 0 aliphatic carbocycles. The molecule has 1 N–H and O–H groups in total. The number of ether oxygens (including phenoxy) is 1. The molecule has 0 fully saturated rings. The van der Waals surface area contributed by atoms with E-state index in [4.69, 9.17) is 4.74 Å². The molecule has 2 nitrogen and oxygen atoms in total. The van der Waals surface area contributed by atoms with E-state index in [0.29, 0.717) is 24.9 Å². The molecule has 0 spiro atoms. The highest BCUT2D eigenvalue weighted by Gasteiger charge is 2.21. The fraction of sp³-hybridized carbons (Fsp3) is 0.600. The Morgan fingerprint density at radius 1 is 1.20 bits per heavy atom. The molecule has 0 amide bonds. The normalized spacial score (nSPS) is 13.6. The van der Waals surface area contributed by atoms with Crippen molar-refractivity contribution in [1.29, 1.82) is 0 Å². The average Bonchev–Trinajstić information content (AvgIpc) is 2.40. The van der Waals surface area contributed by atoms with Gasteiger partial charge in [-0.25, -0.2) is 13.2 Å². The molecule has 114 valence electrons. The Morgan fingerprint density at radius 3 is 2.20 bits per heavy atom. The van der Waals surface area contributed by atoms with Crippen molar-refractivity contribution in [3.63, 3.8) is 0 Å². The fourth-order valence-corrected chi connectivity index (χ4v) is 2.00. The van der Waals surface area contributed by atoms with Crippen LogP contribution in [0.4, 0.5) is 13.2 Å². The van der Waals surface area contributed by atoms with Gasteiger partial charge in [-0.1, -0.05) is 6.92 Å². The Morgan fingerprint density at radius 2 is 1.75 bits per heavy atom. The van der Waals surface area contributed by atoms with Gasteiger partial charge in [0, 0.05) is 13.2 Å². The van der Waals surface area contributed by atoms with Crippen LogP contribution in [0.2, 0.25) is 0 Å². The van der Waals surface area contributed by atoms with Gasteiger partial charge in [0.05, 0.1) is 5.60 Å². The molecule has 20 heavy (non-hydrogen) atoms. The summed E-state index contributed by atoms with van der Waals surface area (Å²) >= 11 is 0. The maximum Gasteiger partial charge on any atom is 0.194 e. The van der Waals surface area contributed by atoms with Crippen molar-refractivity contribution in [2.24, 2.45) is 0 Å². The van der Waals surface area contributed by atoms with Crippen molar-refractivity contribution < 1.29 is 17.9 Å². The lowest BCUT2D eigenvalue weighted by atomic mass is 9.94. The summed E-state index contributed by atoms with van der Waals surface area (Å²) in [7, 11) is 1.62. The summed E-state index contributed by atoms with van der Waals surface area (Å²) in [4.78, 5) is 0. The van der Waals surface area contributed by atoms with Gasteiger partial charge < -0.3 is 10.1 Å². The second-order valence-electron chi connectivity index (χ2n) is 5.41. The van der Waals surface area contributed by atoms with E-state index in [-0.39, 0.29) is 11.6 Å². The molecule has 0 heterocycles. The van der Waals surface area contributed by atoms with Gasteiger partial charge >= 0.3 is 0 Å². The van der Waals surface area contributed by atoms with Crippen molar-refractivity contribution in [2.45, 2.75) is 45.3 Å². The summed E-state index contributed by atoms with van der Waals surface area (Å²) in [6.07, 6.45) is 1.35. The highest BCUT2D eigenvalue weighted by Crippen LogP contribution is 2.26. The molecule has 1 aromatic rings. The van der Waals surface area contributed by atoms with Gasteiger partial charge in [0.1, 0.15) is 0 Å². The van der Waals surface area contributed by atoms with Gasteiger partial charge in [-0.15, -0.1) is 0 Å². The molecule has 1 atom stereocenters. The van der Waals surface area contributed by atoms with Crippen molar-refractivity contribution in [3.8, 4) is 0 Å². The lowest BCUT2D eigenvalue weighted by molar-refractivity contribution is 0.0117. The highest BCUT2D eigenvalue weighted by molar-refractivity contribution is 5.22. The van der Waals surface area contributed by atoms with Crippen LogP contribution in [0.3, 0.4) is 0 Å². The first-order valence-electron chi connectivity index (χ1n) is 6.73. The van der Waals surface area contributed by atoms with Crippen LogP contribution in [0.1, 0.15) is 45.2 Å². The maximum absolute atomic E-state index is 13.3. The van der Waals surface area contributed by atoms with Crippen LogP contribution in [-0.4, -0.2) is 19.3 Å². The third-order valence-corrected chi connectivity index (χ3v) is 3.45. The largest absolute Gasteiger partial charge is 0.379 e. The van der Waals surface area contributed by atoms with Gasteiger partial charge in [0.15, 0.2) is 17.5 Å². The molecule has 0 saturated heterocycles. The molecule has 5 heteroatoms. The zero-order valence-corrected chi connectivity index (χ0v) is 12.4. The Kier molecular flexibility index (Phi) is 6.02. The number of rotatable bonds is 7. The number of hydrogen-bond acceptors (Lipinski definition) is 2. The molecular formula is C15H22F3NO. The Hall–Kier alpha value is -1.07. The summed E-state index contributed by atoms with van der Waals surface area (Å²) < 4.78 is 45.0. The minimum Gasteiger partial charge on any atom is -0.379 e. The molecule has 1 aromatic carbocycles. The second kappa shape index (κ2) is 7.09. The topological polar surface area (TPSA) is 21.3 Å². The van der Waals surface area contributed by atoms with Crippen molar-refractivity contribution in [2.75, 3.05) is 13.7 Å². The SMILES string of the molecule is CCNC(CCC(C)(C)OC)c1cc(F)c(F)c(F)c1. The second-order valence-corrected chi connectivity index (χ2v) is 5.41. The fourth-order valence-electron chi connectivity index (χ4n) is 2.00. The van der Waals surface area contributed by atoms with Crippen LogP contribution in [0.15, 0.2) is 12.1 Å². The summed E-state index contributed by atoms with van der Waals surface area (Å²) in [5.41, 5.74) is 0.0975. The van der Waals surface area contributed by atoms with Gasteiger partial charge in [-0.2, -0.15) is 0 Å². The molecule has 1 rings (SSSR count). The molecule has 1 unspecified atom stereocenters. The monoisotopic (exact) mass is 289 g/mol. The van der Waals surface area contributed by atoms with Gasteiger partial charge in [-0.05, 0) is 50.9 Å². The summed E-state index contributed by atoms with van der Waals surface area (Å²) in [6.45, 7) is 6.45. The third kappa shape index (κ3) is 4.49. The van der Waals surface area contributed by atoms with Gasteiger partial charge in [0.2, 0.25) is 0 Å². The van der Waals surface area contributed by atoms with E-state index in [9.17, 15) is 13.2 Å². The van der Waals surface area contributed by atoms with Crippen LogP contribution < -0.4 is 5.32 Å². The van der Waals surface area contributed by atoms with E-state index in [2.05, 4.69) is 5.32 Å². The van der Waals surface area contributed by atoms with E-state index < -0.39 is 17.5 Å². The van der Waals surface area contributed by atoms with Crippen molar-refractivity contribution >= 4 is 0 Å². The Bertz CT molecular complexity index is 426. The predicted molar refractivity (Wildman–Crippen MR) is 73.1 cm³/mol. The zero-order valence-electron chi connectivity index (χ0n) is 12.4. The first kappa shape index (κ1) is 17.0. The quantitative estimate of drug-likeness (QED) is 0.767. The lowest BCUT2D eigenvalue weighted by Gasteiger charge is -2.26. The molecule has 0 aromatic heterocycles. The van der Waals surface area contributed by atoms with E-state index in [1.54, 1.807) is 7.11 Å². The first-order valence-corrected chi connectivity index (χ1v) is 6.73. The van der Waals surface area contributed by atoms with Crippen LogP contribution >= 0.6 is 0 Å². The zero-order chi connectivity index (χ0) is 15.3. The van der Waals surface area contributed by atoms with Gasteiger partial charge in [0.25, 0.3) is 0 Å². The smallest absolute Gasteiger partial charge is 0.194 e. The molecule has 0 radical (unpaired) electrons. The highest BCUT2D eigenvalue weighted by atomic mass is 19.2. The Balaban J connectivity index is 2.91. The summed E-state index contributed by atoms with van der Waals surface area (Å²) in [5.74, 6) is -3.75. The van der Waals surface area contributed by atoms with Crippen LogP contribution in [-0.2, 0) is 4.74 Å². The van der Waals surface area contributed by atoms with Crippen LogP contribution in [0, 0.1) is 17.5 Å². The average molecular weight is 289 g/mol. The number of benzene rings is 1. The molecular weight excluding hydrogens is 267 g/mol. The third-order valence-electron chi connectivity index (χ3n) is 3.45. The van der Waals surface area contributed by atoms with E-state index in [0.717, 1.165) is 12.1 Å². The molecule has 0 aliphatic heterocycles. The van der Waals surface area contributed by atoms with Crippen LogP contribution in [0.5, 0.6) is 0 Å². The van der Waals surface area contributed by atoms with E-state index in [1.165, 1.54) is 0 Å². The number of hydrogen-bond donors (Lipinski definition) is 1. The maximum atomic E-state index is 13.3. The van der Waals surface area contributed by atoms with Crippen LogP contribution in [0.25, 0.3) is 0 Å². The number of halogens is 3. The molecule has 0 saturated carbocycles. The molecule has 0 bridgehead atoms. The van der Waals surface area contributed by atoms with E-state index in [1.807, 2.05) is 20.8 Å². The minimum absolute atomic E-state index is 0.237. The van der Waals surface area contributed by atoms with Crippen molar-refractivity contribution in [3.05, 3.63) is 35.1 Å².